The fourth-order valence-electron chi connectivity index (χ4n) is 2.22. The molecular weight excluding hydrogens is 277 g/mol. The zero-order valence-corrected chi connectivity index (χ0v) is 13.3. The molecule has 0 aromatic rings. The molecule has 0 N–H and O–H groups in total. The first kappa shape index (κ1) is 19.2. The lowest BCUT2D eigenvalue weighted by Gasteiger charge is -2.34. The molecule has 0 radical (unpaired) electrons. The average Bonchev–Trinajstić information content (AvgIpc) is 2.71. The normalized spacial score (nSPS) is 18.3. The van der Waals surface area contributed by atoms with Crippen molar-refractivity contribution in [3.05, 3.63) is 0 Å². The zero-order chi connectivity index (χ0) is 14.9. The summed E-state index contributed by atoms with van der Waals surface area (Å²) in [7, 11) is 0. The van der Waals surface area contributed by atoms with E-state index in [4.69, 9.17) is 4.74 Å². The molecular formula is C12H26AlF4NO. The van der Waals surface area contributed by atoms with Gasteiger partial charge in [0.1, 0.15) is 0 Å². The van der Waals surface area contributed by atoms with E-state index in [0.717, 1.165) is 6.73 Å². The lowest BCUT2D eigenvalue weighted by Crippen LogP contribution is -2.48. The predicted octanol–water partition coefficient (Wildman–Crippen LogP) is 4.08. The number of likely N-dealkylation sites (tertiary alicyclic amines) is 1. The maximum absolute atomic E-state index is 9.85. The van der Waals surface area contributed by atoms with Crippen LogP contribution in [0.3, 0.4) is 0 Å². The maximum atomic E-state index is 9.85. The minimum atomic E-state index is -6.83. The predicted molar refractivity (Wildman–Crippen MR) is 70.3 cm³/mol. The summed E-state index contributed by atoms with van der Waals surface area (Å²) in [5, 5.41) is 0. The topological polar surface area (TPSA) is 9.23 Å². The summed E-state index contributed by atoms with van der Waals surface area (Å²) in [6.07, 6.45) is 5.83. The van der Waals surface area contributed by atoms with Crippen molar-refractivity contribution in [2.75, 3.05) is 26.4 Å². The number of unbranched alkanes of at least 4 members (excludes halogenated alkanes) is 1. The molecule has 2 nitrogen and oxygen atoms in total. The van der Waals surface area contributed by atoms with Crippen molar-refractivity contribution in [3.63, 3.8) is 0 Å². The van der Waals surface area contributed by atoms with Gasteiger partial charge >= 0.3 is 14.9 Å². The quantitative estimate of drug-likeness (QED) is 0.408. The summed E-state index contributed by atoms with van der Waals surface area (Å²) < 4.78 is 46.4. The van der Waals surface area contributed by atoms with Crippen LogP contribution < -0.4 is 0 Å². The molecule has 1 rings (SSSR count). The summed E-state index contributed by atoms with van der Waals surface area (Å²) in [5.74, 6) is 0. The van der Waals surface area contributed by atoms with Gasteiger partial charge in [0, 0.05) is 12.8 Å². The van der Waals surface area contributed by atoms with Crippen LogP contribution in [-0.4, -0.2) is 51.9 Å². The largest absolute Gasteiger partial charge is 1.04 e. The Bertz CT molecular complexity index is 224. The molecule has 1 fully saturated rings. The van der Waals surface area contributed by atoms with Gasteiger partial charge in [0.05, 0.1) is 25.7 Å². The van der Waals surface area contributed by atoms with Crippen molar-refractivity contribution in [1.29, 1.82) is 0 Å². The van der Waals surface area contributed by atoms with E-state index in [2.05, 4.69) is 20.8 Å². The Balaban J connectivity index is 0.000000555. The molecule has 0 bridgehead atoms. The molecule has 1 heterocycles. The number of nitrogens with zero attached hydrogens (tertiary/aromatic N) is 1. The standard InChI is InChI=1S/C12H26NO.Al.4FH/c1-4-5-8-13(9-6-7-10-13)11-14-12(2)3;;;;;/h12H,4-11H2,1-3H3;;4*1H/q+1;+3;;;;/p-4. The van der Waals surface area contributed by atoms with Crippen molar-refractivity contribution in [2.45, 2.75) is 52.6 Å². The van der Waals surface area contributed by atoms with Gasteiger partial charge in [-0.3, -0.25) is 0 Å². The minimum absolute atomic E-state index is 0.382. The van der Waals surface area contributed by atoms with E-state index in [0.29, 0.717) is 6.10 Å². The van der Waals surface area contributed by atoms with Crippen LogP contribution >= 0.6 is 0 Å². The molecule has 1 saturated heterocycles. The van der Waals surface area contributed by atoms with E-state index in [1.165, 1.54) is 49.8 Å². The molecule has 0 aliphatic carbocycles. The van der Waals surface area contributed by atoms with Gasteiger partial charge in [-0.1, -0.05) is 13.3 Å². The number of halogens is 4. The van der Waals surface area contributed by atoms with Gasteiger partial charge in [-0.15, -0.1) is 0 Å². The van der Waals surface area contributed by atoms with E-state index in [1.54, 1.807) is 0 Å². The third-order valence-electron chi connectivity index (χ3n) is 3.18. The van der Waals surface area contributed by atoms with Crippen LogP contribution in [0.4, 0.5) is 14.1 Å². The average molecular weight is 303 g/mol. The smallest absolute Gasteiger partial charge is 0.510 e. The molecule has 0 atom stereocenters. The van der Waals surface area contributed by atoms with Crippen molar-refractivity contribution >= 4 is 14.9 Å². The fourth-order valence-corrected chi connectivity index (χ4v) is 2.22. The van der Waals surface area contributed by atoms with Gasteiger partial charge in [0.2, 0.25) is 0 Å². The molecule has 0 unspecified atom stereocenters. The summed E-state index contributed by atoms with van der Waals surface area (Å²) in [4.78, 5) is 0. The molecule has 0 aromatic heterocycles. The second-order valence-electron chi connectivity index (χ2n) is 5.41. The Morgan fingerprint density at radius 2 is 1.58 bits per heavy atom. The third kappa shape index (κ3) is 11.7. The van der Waals surface area contributed by atoms with Gasteiger partial charge in [-0.2, -0.15) is 0 Å². The summed E-state index contributed by atoms with van der Waals surface area (Å²) in [6.45, 7) is 11.5. The van der Waals surface area contributed by atoms with Crippen LogP contribution in [0.2, 0.25) is 0 Å². The highest BCUT2D eigenvalue weighted by Gasteiger charge is 2.41. The first-order valence-corrected chi connectivity index (χ1v) is 8.77. The Hall–Kier alpha value is 0.172. The Kier molecular flexibility index (Phi) is 9.25. The molecule has 1 aliphatic rings. The van der Waals surface area contributed by atoms with Gasteiger partial charge in [-0.05, 0) is 20.3 Å². The van der Waals surface area contributed by atoms with E-state index >= 15 is 0 Å². The monoisotopic (exact) mass is 303 g/mol. The second-order valence-corrected chi connectivity index (χ2v) is 6.40. The number of hydrogen-bond donors (Lipinski definition) is 0. The zero-order valence-electron chi connectivity index (χ0n) is 12.2. The molecule has 0 spiro atoms. The molecule has 116 valence electrons. The van der Waals surface area contributed by atoms with Gasteiger partial charge in [0.15, 0.2) is 6.73 Å². The highest BCUT2D eigenvalue weighted by Crippen LogP contribution is 2.20. The molecule has 0 aromatic carbocycles. The van der Waals surface area contributed by atoms with E-state index in [-0.39, 0.29) is 0 Å². The molecule has 7 heteroatoms. The maximum Gasteiger partial charge on any atom is 1.04 e. The van der Waals surface area contributed by atoms with E-state index < -0.39 is 14.9 Å². The van der Waals surface area contributed by atoms with Crippen LogP contribution in [0.5, 0.6) is 0 Å². The van der Waals surface area contributed by atoms with Gasteiger partial charge in [0.25, 0.3) is 0 Å². The van der Waals surface area contributed by atoms with Gasteiger partial charge in [-0.25, -0.2) is 0 Å². The summed E-state index contributed by atoms with van der Waals surface area (Å²) in [5.41, 5.74) is 0. The number of quaternary nitrogens is 1. The molecule has 19 heavy (non-hydrogen) atoms. The minimum Gasteiger partial charge on any atom is -0.510 e. The van der Waals surface area contributed by atoms with E-state index in [1.807, 2.05) is 0 Å². The fraction of sp³-hybridized carbons (Fsp3) is 1.00. The Morgan fingerprint density at radius 3 is 1.95 bits per heavy atom. The van der Waals surface area contributed by atoms with Crippen LogP contribution in [-0.2, 0) is 4.74 Å². The van der Waals surface area contributed by atoms with Crippen molar-refractivity contribution in [3.8, 4) is 0 Å². The van der Waals surface area contributed by atoms with Crippen LogP contribution in [0, 0.1) is 0 Å². The highest BCUT2D eigenvalue weighted by atomic mass is 27.5. The Labute approximate surface area is 117 Å². The first-order chi connectivity index (χ1) is 8.68. The van der Waals surface area contributed by atoms with Crippen LogP contribution in [0.25, 0.3) is 0 Å². The van der Waals surface area contributed by atoms with Crippen LogP contribution in [0.1, 0.15) is 46.5 Å². The second kappa shape index (κ2) is 9.17. The van der Waals surface area contributed by atoms with Crippen molar-refractivity contribution in [2.24, 2.45) is 0 Å². The lowest BCUT2D eigenvalue weighted by molar-refractivity contribution is -0.935. The van der Waals surface area contributed by atoms with E-state index in [9.17, 15) is 14.1 Å². The number of ether oxygens (including phenoxy) is 1. The molecule has 0 saturated carbocycles. The molecule has 0 amide bonds. The Morgan fingerprint density at radius 1 is 1.11 bits per heavy atom. The molecule has 1 aliphatic heterocycles. The van der Waals surface area contributed by atoms with Crippen molar-refractivity contribution < 1.29 is 23.3 Å². The summed E-state index contributed by atoms with van der Waals surface area (Å²) in [6, 6.07) is 0. The van der Waals surface area contributed by atoms with Crippen LogP contribution in [0.15, 0.2) is 0 Å². The lowest BCUT2D eigenvalue weighted by atomic mass is 10.3. The first-order valence-electron chi connectivity index (χ1n) is 7.02. The number of rotatable bonds is 6. The summed E-state index contributed by atoms with van der Waals surface area (Å²) >= 11 is -6.83. The number of hydrogen-bond acceptors (Lipinski definition) is 1. The third-order valence-corrected chi connectivity index (χ3v) is 3.18. The van der Waals surface area contributed by atoms with Gasteiger partial charge < -0.3 is 23.3 Å². The highest BCUT2D eigenvalue weighted by molar-refractivity contribution is 6.50. The van der Waals surface area contributed by atoms with Crippen molar-refractivity contribution in [1.82, 2.24) is 0 Å². The SMILES string of the molecule is CCCC[N+]1(COC(C)C)CCCC1.[F][Al-]([F])([F])[F].